The van der Waals surface area contributed by atoms with Crippen LogP contribution in [-0.2, 0) is 9.47 Å². The topological polar surface area (TPSA) is 60.0 Å². The van der Waals surface area contributed by atoms with E-state index in [0.717, 1.165) is 16.3 Å². The highest BCUT2D eigenvalue weighted by atomic mass is 35.5. The molecule has 0 unspecified atom stereocenters. The van der Waals surface area contributed by atoms with Crippen molar-refractivity contribution < 1.29 is 9.47 Å². The second kappa shape index (κ2) is 5.92. The summed E-state index contributed by atoms with van der Waals surface area (Å²) in [5.41, 5.74) is 0.985. The highest BCUT2D eigenvalue weighted by Gasteiger charge is 2.27. The van der Waals surface area contributed by atoms with Crippen molar-refractivity contribution in [2.75, 3.05) is 12.4 Å². The lowest BCUT2D eigenvalue weighted by atomic mass is 10.2. The van der Waals surface area contributed by atoms with Crippen molar-refractivity contribution in [2.45, 2.75) is 17.4 Å². The average Bonchev–Trinajstić information content (AvgIpc) is 3.09. The summed E-state index contributed by atoms with van der Waals surface area (Å²) in [7, 11) is 0. The van der Waals surface area contributed by atoms with Crippen molar-refractivity contribution in [3.05, 3.63) is 41.0 Å². The van der Waals surface area contributed by atoms with Gasteiger partial charge in [-0.1, -0.05) is 23.7 Å². The van der Waals surface area contributed by atoms with E-state index in [9.17, 15) is 0 Å². The molecule has 19 heavy (non-hydrogen) atoms. The van der Waals surface area contributed by atoms with E-state index < -0.39 is 0 Å². The van der Waals surface area contributed by atoms with Gasteiger partial charge in [0.2, 0.25) is 0 Å². The Morgan fingerprint density at radius 3 is 2.95 bits per heavy atom. The molecule has 1 aliphatic rings. The maximum atomic E-state index is 5.85. The average molecular weight is 298 g/mol. The Balaban J connectivity index is 1.53. The fraction of sp³-hybridized carbons (Fsp3) is 0.333. The van der Waals surface area contributed by atoms with Crippen molar-refractivity contribution >= 4 is 23.4 Å². The monoisotopic (exact) mass is 297 g/mol. The number of hydrogen-bond acceptors (Lipinski definition) is 5. The Labute approximate surface area is 119 Å². The van der Waals surface area contributed by atoms with Gasteiger partial charge in [0, 0.05) is 16.3 Å². The van der Waals surface area contributed by atoms with E-state index >= 15 is 0 Å². The molecule has 1 N–H and O–H groups in total. The molecular formula is C12H12ClN3O2S. The number of thioether (sulfide) groups is 1. The molecule has 1 aromatic heterocycles. The molecular weight excluding hydrogens is 286 g/mol. The second-order valence-corrected chi connectivity index (χ2v) is 5.57. The van der Waals surface area contributed by atoms with Crippen LogP contribution in [0.5, 0.6) is 0 Å². The van der Waals surface area contributed by atoms with Crippen molar-refractivity contribution in [3.63, 3.8) is 0 Å². The molecule has 1 aromatic carbocycles. The van der Waals surface area contributed by atoms with Crippen LogP contribution in [0.15, 0.2) is 35.5 Å². The number of aromatic nitrogens is 3. The van der Waals surface area contributed by atoms with E-state index in [2.05, 4.69) is 15.4 Å². The molecule has 0 aliphatic carbocycles. The van der Waals surface area contributed by atoms with E-state index in [1.165, 1.54) is 0 Å². The zero-order valence-corrected chi connectivity index (χ0v) is 11.5. The molecule has 0 bridgehead atoms. The summed E-state index contributed by atoms with van der Waals surface area (Å²) in [6, 6.07) is 7.50. The summed E-state index contributed by atoms with van der Waals surface area (Å²) in [5, 5.41) is 11.9. The van der Waals surface area contributed by atoms with Crippen LogP contribution in [0, 0.1) is 0 Å². The third-order valence-corrected chi connectivity index (χ3v) is 3.98. The fourth-order valence-electron chi connectivity index (χ4n) is 1.77. The molecule has 0 radical (unpaired) electrons. The number of nitrogens with zero attached hydrogens (tertiary/aromatic N) is 2. The first-order chi connectivity index (χ1) is 9.31. The number of benzene rings is 1. The van der Waals surface area contributed by atoms with Gasteiger partial charge in [0.1, 0.15) is 5.03 Å². The van der Waals surface area contributed by atoms with Crippen LogP contribution in [0.4, 0.5) is 0 Å². The third-order valence-electron chi connectivity index (χ3n) is 2.70. The summed E-state index contributed by atoms with van der Waals surface area (Å²) in [6.07, 6.45) is 1.44. The molecule has 0 amide bonds. The molecule has 2 aromatic rings. The Hall–Kier alpha value is -1.08. The van der Waals surface area contributed by atoms with Gasteiger partial charge in [0.05, 0.1) is 18.9 Å². The number of aromatic amines is 1. The zero-order chi connectivity index (χ0) is 13.1. The van der Waals surface area contributed by atoms with Crippen LogP contribution in [-0.4, -0.2) is 33.9 Å². The molecule has 0 spiro atoms. The van der Waals surface area contributed by atoms with Crippen LogP contribution >= 0.6 is 23.4 Å². The van der Waals surface area contributed by atoms with Gasteiger partial charge >= 0.3 is 0 Å². The van der Waals surface area contributed by atoms with Gasteiger partial charge in [0.25, 0.3) is 0 Å². The van der Waals surface area contributed by atoms with E-state index in [1.807, 2.05) is 24.3 Å². The standard InChI is InChI=1S/C12H12ClN3O2S/c13-9-3-1-8(2-4-9)12-17-6-10(18-12)7-19-11-5-14-16-15-11/h1-5,10,12H,6-7H2,(H,14,15,16)/t10-,12+/m1/s1. The van der Waals surface area contributed by atoms with Gasteiger partial charge in [-0.2, -0.15) is 10.3 Å². The van der Waals surface area contributed by atoms with E-state index in [4.69, 9.17) is 21.1 Å². The van der Waals surface area contributed by atoms with Gasteiger partial charge in [-0.15, -0.1) is 16.9 Å². The molecule has 100 valence electrons. The highest BCUT2D eigenvalue weighted by Crippen LogP contribution is 2.30. The van der Waals surface area contributed by atoms with Crippen LogP contribution in [0.1, 0.15) is 11.9 Å². The quantitative estimate of drug-likeness (QED) is 0.879. The van der Waals surface area contributed by atoms with E-state index in [1.54, 1.807) is 18.0 Å². The number of ether oxygens (including phenoxy) is 2. The first-order valence-electron chi connectivity index (χ1n) is 5.82. The van der Waals surface area contributed by atoms with Crippen molar-refractivity contribution in [1.82, 2.24) is 15.4 Å². The molecule has 5 nitrogen and oxygen atoms in total. The summed E-state index contributed by atoms with van der Waals surface area (Å²) in [6.45, 7) is 0.581. The smallest absolute Gasteiger partial charge is 0.184 e. The second-order valence-electron chi connectivity index (χ2n) is 4.09. The van der Waals surface area contributed by atoms with Gasteiger partial charge in [-0.25, -0.2) is 0 Å². The van der Waals surface area contributed by atoms with Crippen molar-refractivity contribution in [3.8, 4) is 0 Å². The van der Waals surface area contributed by atoms with Crippen LogP contribution in [0.25, 0.3) is 0 Å². The number of nitrogens with one attached hydrogen (secondary N) is 1. The van der Waals surface area contributed by atoms with Gasteiger partial charge in [-0.05, 0) is 12.1 Å². The lowest BCUT2D eigenvalue weighted by Gasteiger charge is -2.11. The summed E-state index contributed by atoms with van der Waals surface area (Å²) in [5.74, 6) is 0.788. The van der Waals surface area contributed by atoms with Crippen LogP contribution in [0.3, 0.4) is 0 Å². The minimum atomic E-state index is -0.305. The maximum Gasteiger partial charge on any atom is 0.184 e. The Kier molecular flexibility index (Phi) is 4.03. The highest BCUT2D eigenvalue weighted by molar-refractivity contribution is 7.99. The number of rotatable bonds is 4. The van der Waals surface area contributed by atoms with Crippen molar-refractivity contribution in [1.29, 1.82) is 0 Å². The molecule has 2 atom stereocenters. The number of halogens is 1. The largest absolute Gasteiger partial charge is 0.346 e. The van der Waals surface area contributed by atoms with Gasteiger partial charge in [-0.3, -0.25) is 0 Å². The summed E-state index contributed by atoms with van der Waals surface area (Å²) in [4.78, 5) is 0. The van der Waals surface area contributed by atoms with E-state index in [-0.39, 0.29) is 12.4 Å². The minimum Gasteiger partial charge on any atom is -0.346 e. The first-order valence-corrected chi connectivity index (χ1v) is 7.19. The van der Waals surface area contributed by atoms with Crippen LogP contribution in [0.2, 0.25) is 5.02 Å². The maximum absolute atomic E-state index is 5.85. The number of H-pyrrole nitrogens is 1. The molecule has 2 heterocycles. The lowest BCUT2D eigenvalue weighted by molar-refractivity contribution is -0.0565. The molecule has 0 saturated carbocycles. The molecule has 1 aliphatic heterocycles. The minimum absolute atomic E-state index is 0.0578. The molecule has 1 fully saturated rings. The Bertz CT molecular complexity index is 520. The first kappa shape index (κ1) is 12.9. The predicted octanol–water partition coefficient (Wildman–Crippen LogP) is 2.66. The molecule has 3 rings (SSSR count). The lowest BCUT2D eigenvalue weighted by Crippen LogP contribution is -2.12. The number of hydrogen-bond donors (Lipinski definition) is 1. The summed E-state index contributed by atoms with van der Waals surface area (Å²) >= 11 is 7.45. The Morgan fingerprint density at radius 2 is 2.21 bits per heavy atom. The van der Waals surface area contributed by atoms with Gasteiger partial charge < -0.3 is 9.47 Å². The van der Waals surface area contributed by atoms with Crippen LogP contribution < -0.4 is 0 Å². The molecule has 7 heteroatoms. The molecule has 1 saturated heterocycles. The van der Waals surface area contributed by atoms with Gasteiger partial charge in [0.15, 0.2) is 6.29 Å². The van der Waals surface area contributed by atoms with Crippen molar-refractivity contribution in [2.24, 2.45) is 0 Å². The SMILES string of the molecule is Clc1ccc([C@H]2OC[C@H](CSc3cn[nH]n3)O2)cc1. The Morgan fingerprint density at radius 1 is 1.37 bits per heavy atom. The predicted molar refractivity (Wildman–Crippen MR) is 72.1 cm³/mol. The van der Waals surface area contributed by atoms with E-state index in [0.29, 0.717) is 11.6 Å². The fourth-order valence-corrected chi connectivity index (χ4v) is 2.66. The zero-order valence-electron chi connectivity index (χ0n) is 9.95. The summed E-state index contributed by atoms with van der Waals surface area (Å²) < 4.78 is 11.5. The normalized spacial score (nSPS) is 22.8. The third kappa shape index (κ3) is 3.27.